The molecule has 1 fully saturated rings. The van der Waals surface area contributed by atoms with Gasteiger partial charge in [0.15, 0.2) is 0 Å². The molecule has 1 aromatic heterocycles. The first kappa shape index (κ1) is 15.5. The minimum atomic E-state index is 0.120. The molecule has 2 rings (SSSR count). The summed E-state index contributed by atoms with van der Waals surface area (Å²) in [6.07, 6.45) is 3.06. The number of thiophene rings is 1. The molecule has 112 valence electrons. The summed E-state index contributed by atoms with van der Waals surface area (Å²) < 4.78 is 0. The van der Waals surface area contributed by atoms with Crippen LogP contribution in [-0.4, -0.2) is 36.0 Å². The van der Waals surface area contributed by atoms with E-state index in [0.717, 1.165) is 37.9 Å². The number of aryl methyl sites for hydroxylation is 1. The quantitative estimate of drug-likeness (QED) is 0.924. The van der Waals surface area contributed by atoms with Crippen molar-refractivity contribution in [1.82, 2.24) is 10.2 Å². The predicted octanol–water partition coefficient (Wildman–Crippen LogP) is 3.22. The van der Waals surface area contributed by atoms with E-state index in [-0.39, 0.29) is 5.91 Å². The second-order valence-corrected chi connectivity index (χ2v) is 7.00. The number of hydrogen-bond acceptors (Lipinski definition) is 3. The summed E-state index contributed by atoms with van der Waals surface area (Å²) in [5.74, 6) is 0.120. The van der Waals surface area contributed by atoms with Gasteiger partial charge in [-0.2, -0.15) is 0 Å². The molecule has 1 aliphatic heterocycles. The van der Waals surface area contributed by atoms with Gasteiger partial charge in [0.1, 0.15) is 0 Å². The zero-order chi connectivity index (χ0) is 14.7. The number of carbonyl (C=O) groups excluding carboxylic acids is 1. The molecule has 2 heterocycles. The van der Waals surface area contributed by atoms with Gasteiger partial charge in [-0.05, 0) is 45.6 Å². The van der Waals surface area contributed by atoms with E-state index in [4.69, 9.17) is 0 Å². The fraction of sp³-hybridized carbons (Fsp3) is 0.688. The Kier molecular flexibility index (Phi) is 5.22. The van der Waals surface area contributed by atoms with Crippen LogP contribution in [0.5, 0.6) is 0 Å². The van der Waals surface area contributed by atoms with E-state index in [1.54, 1.807) is 11.3 Å². The molecule has 0 atom stereocenters. The van der Waals surface area contributed by atoms with Crippen LogP contribution in [0.2, 0.25) is 0 Å². The van der Waals surface area contributed by atoms with Gasteiger partial charge in [0.2, 0.25) is 0 Å². The summed E-state index contributed by atoms with van der Waals surface area (Å²) in [7, 11) is 0. The number of piperidine rings is 1. The average molecular weight is 294 g/mol. The van der Waals surface area contributed by atoms with E-state index >= 15 is 0 Å². The zero-order valence-corrected chi connectivity index (χ0v) is 13.8. The number of rotatable bonds is 4. The molecule has 0 aromatic carbocycles. The van der Waals surface area contributed by atoms with Crippen LogP contribution < -0.4 is 5.32 Å². The summed E-state index contributed by atoms with van der Waals surface area (Å²) in [4.78, 5) is 16.2. The molecule has 20 heavy (non-hydrogen) atoms. The van der Waals surface area contributed by atoms with Crippen molar-refractivity contribution in [2.24, 2.45) is 0 Å². The molecule has 0 spiro atoms. The summed E-state index contributed by atoms with van der Waals surface area (Å²) in [5.41, 5.74) is 2.11. The van der Waals surface area contributed by atoms with E-state index in [0.29, 0.717) is 12.1 Å². The molecule has 0 aliphatic carbocycles. The van der Waals surface area contributed by atoms with Crippen molar-refractivity contribution in [3.63, 3.8) is 0 Å². The molecule has 0 saturated carbocycles. The molecule has 3 nitrogen and oxygen atoms in total. The maximum absolute atomic E-state index is 12.4. The van der Waals surface area contributed by atoms with Crippen molar-refractivity contribution in [2.75, 3.05) is 13.1 Å². The molecule has 0 unspecified atom stereocenters. The number of carbonyl (C=O) groups is 1. The van der Waals surface area contributed by atoms with E-state index < -0.39 is 0 Å². The number of likely N-dealkylation sites (tertiary alicyclic amines) is 1. The van der Waals surface area contributed by atoms with Crippen LogP contribution in [0.25, 0.3) is 0 Å². The van der Waals surface area contributed by atoms with Crippen LogP contribution in [0.4, 0.5) is 0 Å². The summed E-state index contributed by atoms with van der Waals surface area (Å²) in [6.45, 7) is 10.9. The molecule has 1 aliphatic rings. The highest BCUT2D eigenvalue weighted by atomic mass is 32.1. The molecule has 1 amide bonds. The van der Waals surface area contributed by atoms with Gasteiger partial charge >= 0.3 is 0 Å². The van der Waals surface area contributed by atoms with Gasteiger partial charge in [-0.25, -0.2) is 0 Å². The van der Waals surface area contributed by atoms with Crippen LogP contribution in [0.3, 0.4) is 0 Å². The summed E-state index contributed by atoms with van der Waals surface area (Å²) in [6, 6.07) is 0.945. The Morgan fingerprint density at radius 1 is 1.45 bits per heavy atom. The largest absolute Gasteiger partial charge is 0.349 e. The molecule has 1 aromatic rings. The van der Waals surface area contributed by atoms with Gasteiger partial charge in [0, 0.05) is 35.4 Å². The van der Waals surface area contributed by atoms with Crippen LogP contribution in [0, 0.1) is 6.92 Å². The topological polar surface area (TPSA) is 32.3 Å². The number of nitrogens with zero attached hydrogens (tertiary/aromatic N) is 1. The van der Waals surface area contributed by atoms with Crippen molar-refractivity contribution in [1.29, 1.82) is 0 Å². The first-order valence-corrected chi connectivity index (χ1v) is 8.52. The van der Waals surface area contributed by atoms with Crippen LogP contribution in [0.15, 0.2) is 5.38 Å². The van der Waals surface area contributed by atoms with E-state index in [1.165, 1.54) is 10.4 Å². The molecule has 0 bridgehead atoms. The van der Waals surface area contributed by atoms with Gasteiger partial charge in [-0.3, -0.25) is 4.79 Å². The van der Waals surface area contributed by atoms with Gasteiger partial charge < -0.3 is 10.2 Å². The highest BCUT2D eigenvalue weighted by Gasteiger charge is 2.23. The van der Waals surface area contributed by atoms with Crippen molar-refractivity contribution >= 4 is 17.2 Å². The van der Waals surface area contributed by atoms with Gasteiger partial charge in [0.05, 0.1) is 5.56 Å². The fourth-order valence-corrected chi connectivity index (χ4v) is 3.87. The SMILES string of the molecule is CCc1c(C(=O)NC2CCN(C(C)C)CC2)csc1C. The van der Waals surface area contributed by atoms with E-state index in [1.807, 2.05) is 5.38 Å². The lowest BCUT2D eigenvalue weighted by Crippen LogP contribution is -2.46. The van der Waals surface area contributed by atoms with Crippen LogP contribution in [0.1, 0.15) is 54.4 Å². The molecule has 1 saturated heterocycles. The number of amides is 1. The Morgan fingerprint density at radius 2 is 2.10 bits per heavy atom. The minimum Gasteiger partial charge on any atom is -0.349 e. The predicted molar refractivity (Wildman–Crippen MR) is 85.6 cm³/mol. The van der Waals surface area contributed by atoms with Crippen molar-refractivity contribution in [2.45, 2.75) is 59.0 Å². The highest BCUT2D eigenvalue weighted by molar-refractivity contribution is 7.10. The molecular weight excluding hydrogens is 268 g/mol. The van der Waals surface area contributed by atoms with Crippen LogP contribution >= 0.6 is 11.3 Å². The third-order valence-corrected chi connectivity index (χ3v) is 5.25. The third kappa shape index (κ3) is 3.41. The number of hydrogen-bond donors (Lipinski definition) is 1. The van der Waals surface area contributed by atoms with Crippen molar-refractivity contribution in [3.8, 4) is 0 Å². The first-order valence-electron chi connectivity index (χ1n) is 7.64. The third-order valence-electron chi connectivity index (χ3n) is 4.30. The number of nitrogens with one attached hydrogen (secondary N) is 1. The Hall–Kier alpha value is -0.870. The Morgan fingerprint density at radius 3 is 2.65 bits per heavy atom. The highest BCUT2D eigenvalue weighted by Crippen LogP contribution is 2.23. The van der Waals surface area contributed by atoms with E-state index in [2.05, 4.69) is 37.9 Å². The Balaban J connectivity index is 1.92. The van der Waals surface area contributed by atoms with Crippen LogP contribution in [-0.2, 0) is 6.42 Å². The van der Waals surface area contributed by atoms with Crippen molar-refractivity contribution < 1.29 is 4.79 Å². The second-order valence-electron chi connectivity index (χ2n) is 5.92. The van der Waals surface area contributed by atoms with Gasteiger partial charge in [0.25, 0.3) is 5.91 Å². The Labute approximate surface area is 126 Å². The normalized spacial score (nSPS) is 17.6. The lowest BCUT2D eigenvalue weighted by atomic mass is 10.0. The smallest absolute Gasteiger partial charge is 0.252 e. The maximum atomic E-state index is 12.4. The molecule has 4 heteroatoms. The minimum absolute atomic E-state index is 0.120. The summed E-state index contributed by atoms with van der Waals surface area (Å²) in [5, 5.41) is 5.23. The second kappa shape index (κ2) is 6.72. The van der Waals surface area contributed by atoms with Crippen molar-refractivity contribution in [3.05, 3.63) is 21.4 Å². The monoisotopic (exact) mass is 294 g/mol. The standard InChI is InChI=1S/C16H26N2OS/c1-5-14-12(4)20-10-15(14)16(19)17-13-6-8-18(9-7-13)11(2)3/h10-11,13H,5-9H2,1-4H3,(H,17,19). The molecule has 0 radical (unpaired) electrons. The Bertz CT molecular complexity index is 459. The lowest BCUT2D eigenvalue weighted by Gasteiger charge is -2.34. The average Bonchev–Trinajstić information content (AvgIpc) is 2.80. The molecule has 1 N–H and O–H groups in total. The fourth-order valence-electron chi connectivity index (χ4n) is 2.93. The maximum Gasteiger partial charge on any atom is 0.252 e. The zero-order valence-electron chi connectivity index (χ0n) is 13.0. The summed E-state index contributed by atoms with van der Waals surface area (Å²) >= 11 is 1.68. The van der Waals surface area contributed by atoms with Gasteiger partial charge in [-0.15, -0.1) is 11.3 Å². The molecular formula is C16H26N2OS. The van der Waals surface area contributed by atoms with E-state index in [9.17, 15) is 4.79 Å². The lowest BCUT2D eigenvalue weighted by molar-refractivity contribution is 0.0900. The van der Waals surface area contributed by atoms with Gasteiger partial charge in [-0.1, -0.05) is 6.92 Å². The first-order chi connectivity index (χ1) is 9.52.